The first-order chi connectivity index (χ1) is 10.4. The predicted octanol–water partition coefficient (Wildman–Crippen LogP) is 1.04. The van der Waals surface area contributed by atoms with E-state index in [0.29, 0.717) is 19.8 Å². The lowest BCUT2D eigenvalue weighted by Gasteiger charge is -2.23. The van der Waals surface area contributed by atoms with E-state index in [1.165, 1.54) is 0 Å². The van der Waals surface area contributed by atoms with Crippen molar-refractivity contribution < 1.29 is 46.0 Å². The second kappa shape index (κ2) is 7.84. The molecule has 130 valence electrons. The summed E-state index contributed by atoms with van der Waals surface area (Å²) in [6.07, 6.45) is -8.41. The monoisotopic (exact) mass is 334 g/mol. The number of alkyl halides is 4. The lowest BCUT2D eigenvalue weighted by Crippen LogP contribution is -2.40. The predicted molar refractivity (Wildman–Crippen MR) is 62.9 cm³/mol. The van der Waals surface area contributed by atoms with Gasteiger partial charge in [-0.15, -0.1) is 0 Å². The molecule has 2 fully saturated rings. The lowest BCUT2D eigenvalue weighted by atomic mass is 10.5. The van der Waals surface area contributed by atoms with Crippen molar-refractivity contribution in [1.29, 1.82) is 0 Å². The summed E-state index contributed by atoms with van der Waals surface area (Å²) in [5, 5.41) is 0. The largest absolute Gasteiger partial charge is 0.383 e. The van der Waals surface area contributed by atoms with E-state index in [4.69, 9.17) is 14.2 Å². The van der Waals surface area contributed by atoms with Crippen molar-refractivity contribution in [3.63, 3.8) is 0 Å². The fourth-order valence-corrected chi connectivity index (χ4v) is 1.44. The van der Waals surface area contributed by atoms with Gasteiger partial charge in [-0.1, -0.05) is 0 Å². The Balaban J connectivity index is 1.52. The Morgan fingerprint density at radius 1 is 0.773 bits per heavy atom. The van der Waals surface area contributed by atoms with Crippen molar-refractivity contribution in [3.05, 3.63) is 0 Å². The number of rotatable bonds is 13. The Hall–Kier alpha value is -0.520. The van der Waals surface area contributed by atoms with Crippen LogP contribution < -0.4 is 0 Å². The number of ether oxygens (including phenoxy) is 6. The van der Waals surface area contributed by atoms with Gasteiger partial charge in [-0.25, -0.2) is 0 Å². The van der Waals surface area contributed by atoms with Crippen LogP contribution in [0.2, 0.25) is 0 Å². The van der Waals surface area contributed by atoms with E-state index in [1.807, 2.05) is 0 Å². The SMILES string of the molecule is FC(F)(COCCOCC1CO1)OC(F)(F)COCC1CO1. The van der Waals surface area contributed by atoms with Crippen LogP contribution in [-0.2, 0) is 28.4 Å². The highest BCUT2D eigenvalue weighted by Gasteiger charge is 2.45. The topological polar surface area (TPSA) is 62.0 Å². The Morgan fingerprint density at radius 3 is 1.77 bits per heavy atom. The summed E-state index contributed by atoms with van der Waals surface area (Å²) >= 11 is 0. The molecule has 0 aliphatic carbocycles. The molecule has 0 aromatic carbocycles. The molecule has 0 bridgehead atoms. The molecule has 0 amide bonds. The fraction of sp³-hybridized carbons (Fsp3) is 1.00. The Morgan fingerprint density at radius 2 is 1.23 bits per heavy atom. The Labute approximate surface area is 124 Å². The van der Waals surface area contributed by atoms with Crippen molar-refractivity contribution in [2.75, 3.05) is 52.9 Å². The van der Waals surface area contributed by atoms with Crippen molar-refractivity contribution in [1.82, 2.24) is 0 Å². The first kappa shape index (κ1) is 17.8. The summed E-state index contributed by atoms with van der Waals surface area (Å²) in [6.45, 7) is -1.34. The van der Waals surface area contributed by atoms with Gasteiger partial charge >= 0.3 is 12.2 Å². The zero-order chi connectivity index (χ0) is 16.1. The van der Waals surface area contributed by atoms with E-state index >= 15 is 0 Å². The summed E-state index contributed by atoms with van der Waals surface area (Å²) in [4.78, 5) is 0. The Bertz CT molecular complexity index is 336. The number of epoxide rings is 2. The second-order valence-corrected chi connectivity index (χ2v) is 4.93. The maximum atomic E-state index is 13.2. The van der Waals surface area contributed by atoms with Gasteiger partial charge in [-0.2, -0.15) is 17.6 Å². The van der Waals surface area contributed by atoms with Gasteiger partial charge in [0.05, 0.1) is 39.6 Å². The van der Waals surface area contributed by atoms with Crippen LogP contribution in [0.3, 0.4) is 0 Å². The quantitative estimate of drug-likeness (QED) is 0.285. The minimum absolute atomic E-state index is 0.0597. The molecule has 2 heterocycles. The van der Waals surface area contributed by atoms with Gasteiger partial charge in [0.25, 0.3) is 0 Å². The third kappa shape index (κ3) is 8.20. The average Bonchev–Trinajstić information content (AvgIpc) is 3.25. The smallest absolute Gasteiger partial charge is 0.376 e. The third-order valence-corrected chi connectivity index (χ3v) is 2.62. The van der Waals surface area contributed by atoms with Gasteiger partial charge in [-0.3, -0.25) is 4.74 Å². The molecule has 10 heteroatoms. The molecule has 2 atom stereocenters. The van der Waals surface area contributed by atoms with E-state index in [2.05, 4.69) is 14.2 Å². The summed E-state index contributed by atoms with van der Waals surface area (Å²) in [5.41, 5.74) is 0. The molecule has 2 aliphatic heterocycles. The summed E-state index contributed by atoms with van der Waals surface area (Å²) < 4.78 is 79.9. The first-order valence-corrected chi connectivity index (χ1v) is 6.79. The van der Waals surface area contributed by atoms with E-state index in [-0.39, 0.29) is 32.0 Å². The summed E-state index contributed by atoms with van der Waals surface area (Å²) in [5.74, 6) is 0. The molecular weight excluding hydrogens is 316 g/mol. The zero-order valence-electron chi connectivity index (χ0n) is 11.8. The highest BCUT2D eigenvalue weighted by molar-refractivity contribution is 4.68. The summed E-state index contributed by atoms with van der Waals surface area (Å²) in [7, 11) is 0. The standard InChI is InChI=1S/C12H18F4O6/c13-11(14,7-18-2-1-17-3-9-5-20-9)22-12(15,16)8-19-4-10-6-21-10/h9-10H,1-8H2. The van der Waals surface area contributed by atoms with Crippen LogP contribution in [0.15, 0.2) is 0 Å². The van der Waals surface area contributed by atoms with Crippen LogP contribution in [0.1, 0.15) is 0 Å². The molecule has 22 heavy (non-hydrogen) atoms. The van der Waals surface area contributed by atoms with Gasteiger partial charge in [0.15, 0.2) is 0 Å². The van der Waals surface area contributed by atoms with Crippen LogP contribution in [0.4, 0.5) is 17.6 Å². The zero-order valence-corrected chi connectivity index (χ0v) is 11.8. The molecule has 2 aliphatic rings. The highest BCUT2D eigenvalue weighted by atomic mass is 19.3. The van der Waals surface area contributed by atoms with Crippen molar-refractivity contribution in [2.45, 2.75) is 24.4 Å². The molecule has 0 aromatic heterocycles. The molecule has 2 rings (SSSR count). The van der Waals surface area contributed by atoms with Crippen molar-refractivity contribution in [3.8, 4) is 0 Å². The van der Waals surface area contributed by atoms with Gasteiger partial charge in [0, 0.05) is 0 Å². The highest BCUT2D eigenvalue weighted by Crippen LogP contribution is 2.27. The van der Waals surface area contributed by atoms with Crippen molar-refractivity contribution >= 4 is 0 Å². The molecule has 0 spiro atoms. The van der Waals surface area contributed by atoms with Crippen LogP contribution in [-0.4, -0.2) is 77.3 Å². The molecule has 6 nitrogen and oxygen atoms in total. The molecule has 2 saturated heterocycles. The number of hydrogen-bond donors (Lipinski definition) is 0. The van der Waals surface area contributed by atoms with Crippen LogP contribution in [0.25, 0.3) is 0 Å². The average molecular weight is 334 g/mol. The third-order valence-electron chi connectivity index (χ3n) is 2.62. The van der Waals surface area contributed by atoms with Crippen LogP contribution in [0.5, 0.6) is 0 Å². The van der Waals surface area contributed by atoms with E-state index in [9.17, 15) is 17.6 Å². The van der Waals surface area contributed by atoms with Crippen LogP contribution in [0, 0.1) is 0 Å². The Kier molecular flexibility index (Phi) is 6.36. The van der Waals surface area contributed by atoms with Gasteiger partial charge in [0.1, 0.15) is 25.4 Å². The van der Waals surface area contributed by atoms with E-state index in [1.54, 1.807) is 0 Å². The van der Waals surface area contributed by atoms with Gasteiger partial charge in [-0.05, 0) is 0 Å². The minimum Gasteiger partial charge on any atom is -0.376 e. The van der Waals surface area contributed by atoms with E-state index < -0.39 is 25.4 Å². The number of hydrogen-bond acceptors (Lipinski definition) is 6. The maximum Gasteiger partial charge on any atom is 0.383 e. The van der Waals surface area contributed by atoms with Crippen molar-refractivity contribution in [2.24, 2.45) is 0 Å². The van der Waals surface area contributed by atoms with Gasteiger partial charge in [0.2, 0.25) is 0 Å². The molecule has 0 radical (unpaired) electrons. The first-order valence-electron chi connectivity index (χ1n) is 6.79. The maximum absolute atomic E-state index is 13.2. The normalized spacial score (nSPS) is 24.5. The second-order valence-electron chi connectivity index (χ2n) is 4.93. The molecule has 2 unspecified atom stereocenters. The minimum atomic E-state index is -4.12. The molecule has 0 aromatic rings. The number of halogens is 4. The summed E-state index contributed by atoms with van der Waals surface area (Å²) in [6, 6.07) is 0. The molecular formula is C12H18F4O6. The fourth-order valence-electron chi connectivity index (χ4n) is 1.44. The van der Waals surface area contributed by atoms with Gasteiger partial charge < -0.3 is 23.7 Å². The van der Waals surface area contributed by atoms with Crippen LogP contribution >= 0.6 is 0 Å². The molecule has 0 N–H and O–H groups in total. The molecule has 0 saturated carbocycles. The van der Waals surface area contributed by atoms with E-state index in [0.717, 1.165) is 0 Å². The lowest BCUT2D eigenvalue weighted by molar-refractivity contribution is -0.393.